The highest BCUT2D eigenvalue weighted by Crippen LogP contribution is 2.27. The monoisotopic (exact) mass is 446 g/mol. The van der Waals surface area contributed by atoms with Crippen molar-refractivity contribution in [1.82, 2.24) is 14.8 Å². The van der Waals surface area contributed by atoms with Gasteiger partial charge in [0, 0.05) is 17.8 Å². The molecule has 164 valence electrons. The van der Waals surface area contributed by atoms with Crippen molar-refractivity contribution in [2.24, 2.45) is 0 Å². The number of thioether (sulfide) groups is 1. The number of carbonyl (C=O) groups excluding carboxylic acids is 1. The number of aromatic nitrogens is 3. The summed E-state index contributed by atoms with van der Waals surface area (Å²) in [5.41, 5.74) is 4.19. The van der Waals surface area contributed by atoms with Crippen molar-refractivity contribution in [3.63, 3.8) is 0 Å². The predicted molar refractivity (Wildman–Crippen MR) is 128 cm³/mol. The standard InChI is InChI=1S/C25H26N4O2S/c1-4-28-24(22-10-6-5-8-19(22)3)26-27-25(28)32-17-23(30)29(16-21-9-7-15-31-21)20-13-11-18(2)12-14-20/h5-15H,4,16-17H2,1-3H3. The van der Waals surface area contributed by atoms with E-state index in [-0.39, 0.29) is 11.7 Å². The van der Waals surface area contributed by atoms with Crippen molar-refractivity contribution in [2.75, 3.05) is 10.7 Å². The summed E-state index contributed by atoms with van der Waals surface area (Å²) in [5, 5.41) is 9.54. The van der Waals surface area contributed by atoms with Crippen LogP contribution >= 0.6 is 11.8 Å². The van der Waals surface area contributed by atoms with E-state index in [9.17, 15) is 4.79 Å². The van der Waals surface area contributed by atoms with Crippen molar-refractivity contribution in [2.45, 2.75) is 39.0 Å². The normalized spacial score (nSPS) is 11.0. The highest BCUT2D eigenvalue weighted by atomic mass is 32.2. The molecular weight excluding hydrogens is 420 g/mol. The Balaban J connectivity index is 1.54. The summed E-state index contributed by atoms with van der Waals surface area (Å²) >= 11 is 1.41. The maximum Gasteiger partial charge on any atom is 0.237 e. The number of amides is 1. The zero-order valence-corrected chi connectivity index (χ0v) is 19.3. The van der Waals surface area contributed by atoms with Crippen LogP contribution in [0, 0.1) is 13.8 Å². The molecule has 2 aromatic heterocycles. The lowest BCUT2D eigenvalue weighted by atomic mass is 10.1. The second-order valence-corrected chi connectivity index (χ2v) is 8.49. The van der Waals surface area contributed by atoms with Gasteiger partial charge in [0.1, 0.15) is 5.76 Å². The van der Waals surface area contributed by atoms with Gasteiger partial charge in [0.2, 0.25) is 5.91 Å². The van der Waals surface area contributed by atoms with Gasteiger partial charge in [0.05, 0.1) is 18.6 Å². The van der Waals surface area contributed by atoms with Gasteiger partial charge >= 0.3 is 0 Å². The molecule has 0 saturated carbocycles. The van der Waals surface area contributed by atoms with Gasteiger partial charge < -0.3 is 13.9 Å². The van der Waals surface area contributed by atoms with Crippen LogP contribution in [-0.2, 0) is 17.9 Å². The Morgan fingerprint density at radius 2 is 1.81 bits per heavy atom. The molecule has 0 saturated heterocycles. The molecule has 0 atom stereocenters. The van der Waals surface area contributed by atoms with Crippen LogP contribution < -0.4 is 4.90 Å². The number of hydrogen-bond acceptors (Lipinski definition) is 5. The lowest BCUT2D eigenvalue weighted by Gasteiger charge is -2.22. The average Bonchev–Trinajstić information content (AvgIpc) is 3.46. The summed E-state index contributed by atoms with van der Waals surface area (Å²) in [4.78, 5) is 15.0. The maximum atomic E-state index is 13.3. The van der Waals surface area contributed by atoms with E-state index in [0.29, 0.717) is 6.54 Å². The minimum Gasteiger partial charge on any atom is -0.467 e. The third kappa shape index (κ3) is 4.78. The van der Waals surface area contributed by atoms with Gasteiger partial charge in [0.15, 0.2) is 11.0 Å². The molecule has 2 aromatic carbocycles. The number of nitrogens with zero attached hydrogens (tertiary/aromatic N) is 4. The van der Waals surface area contributed by atoms with Gasteiger partial charge in [-0.25, -0.2) is 0 Å². The van der Waals surface area contributed by atoms with Gasteiger partial charge in [-0.2, -0.15) is 0 Å². The fourth-order valence-corrected chi connectivity index (χ4v) is 4.39. The van der Waals surface area contributed by atoms with Crippen LogP contribution in [0.2, 0.25) is 0 Å². The van der Waals surface area contributed by atoms with Gasteiger partial charge in [-0.1, -0.05) is 53.7 Å². The summed E-state index contributed by atoms with van der Waals surface area (Å²) in [6.45, 7) is 7.26. The topological polar surface area (TPSA) is 64.2 Å². The van der Waals surface area contributed by atoms with Crippen molar-refractivity contribution >= 4 is 23.4 Å². The number of rotatable bonds is 8. The van der Waals surface area contributed by atoms with Crippen molar-refractivity contribution in [1.29, 1.82) is 0 Å². The first-order valence-electron chi connectivity index (χ1n) is 10.6. The van der Waals surface area contributed by atoms with Gasteiger partial charge in [-0.05, 0) is 50.6 Å². The van der Waals surface area contributed by atoms with Crippen molar-refractivity contribution in [3.05, 3.63) is 83.8 Å². The molecule has 0 aliphatic rings. The molecular formula is C25H26N4O2S. The third-order valence-corrected chi connectivity index (χ3v) is 6.24. The molecule has 0 aliphatic carbocycles. The second kappa shape index (κ2) is 9.87. The summed E-state index contributed by atoms with van der Waals surface area (Å²) < 4.78 is 7.55. The quantitative estimate of drug-likeness (QED) is 0.334. The average molecular weight is 447 g/mol. The number of hydrogen-bond donors (Lipinski definition) is 0. The van der Waals surface area contributed by atoms with E-state index in [0.717, 1.165) is 45.7 Å². The Morgan fingerprint density at radius 3 is 2.50 bits per heavy atom. The molecule has 32 heavy (non-hydrogen) atoms. The van der Waals surface area contributed by atoms with Crippen LogP contribution in [0.25, 0.3) is 11.4 Å². The van der Waals surface area contributed by atoms with Crippen LogP contribution in [0.15, 0.2) is 76.5 Å². The number of benzene rings is 2. The van der Waals surface area contributed by atoms with E-state index in [1.807, 2.05) is 61.5 Å². The molecule has 0 unspecified atom stereocenters. The largest absolute Gasteiger partial charge is 0.467 e. The summed E-state index contributed by atoms with van der Waals surface area (Å²) in [5.74, 6) is 1.80. The Labute approximate surface area is 192 Å². The van der Waals surface area contributed by atoms with Crippen LogP contribution in [0.3, 0.4) is 0 Å². The molecule has 0 fully saturated rings. The van der Waals surface area contributed by atoms with Crippen molar-refractivity contribution < 1.29 is 9.21 Å². The molecule has 7 heteroatoms. The molecule has 0 bridgehead atoms. The number of anilines is 1. The van der Waals surface area contributed by atoms with Gasteiger partial charge in [-0.15, -0.1) is 10.2 Å². The first-order valence-corrected chi connectivity index (χ1v) is 11.6. The molecule has 0 spiro atoms. The molecule has 4 rings (SSSR count). The molecule has 0 radical (unpaired) electrons. The van der Waals surface area contributed by atoms with Crippen LogP contribution in [-0.4, -0.2) is 26.4 Å². The second-order valence-electron chi connectivity index (χ2n) is 7.55. The van der Waals surface area contributed by atoms with E-state index < -0.39 is 0 Å². The number of carbonyl (C=O) groups is 1. The van der Waals surface area contributed by atoms with Gasteiger partial charge in [0.25, 0.3) is 0 Å². The van der Waals surface area contributed by atoms with E-state index in [1.54, 1.807) is 11.2 Å². The molecule has 2 heterocycles. The zero-order chi connectivity index (χ0) is 22.5. The molecule has 4 aromatic rings. The highest BCUT2D eigenvalue weighted by molar-refractivity contribution is 7.99. The lowest BCUT2D eigenvalue weighted by molar-refractivity contribution is -0.116. The molecule has 0 N–H and O–H groups in total. The van der Waals surface area contributed by atoms with Crippen LogP contribution in [0.4, 0.5) is 5.69 Å². The highest BCUT2D eigenvalue weighted by Gasteiger charge is 2.20. The Bertz CT molecular complexity index is 1180. The van der Waals surface area contributed by atoms with E-state index >= 15 is 0 Å². The predicted octanol–water partition coefficient (Wildman–Crippen LogP) is 5.50. The fraction of sp³-hybridized carbons (Fsp3) is 0.240. The fourth-order valence-electron chi connectivity index (χ4n) is 3.51. The van der Waals surface area contributed by atoms with Crippen LogP contribution in [0.1, 0.15) is 23.8 Å². The van der Waals surface area contributed by atoms with E-state index in [1.165, 1.54) is 11.8 Å². The maximum absolute atomic E-state index is 13.3. The Morgan fingerprint density at radius 1 is 1.03 bits per heavy atom. The lowest BCUT2D eigenvalue weighted by Crippen LogP contribution is -2.31. The van der Waals surface area contributed by atoms with E-state index in [4.69, 9.17) is 4.42 Å². The Kier molecular flexibility index (Phi) is 6.75. The number of aryl methyl sites for hydroxylation is 2. The minimum atomic E-state index is -0.0154. The molecule has 6 nitrogen and oxygen atoms in total. The third-order valence-electron chi connectivity index (χ3n) is 5.28. The van der Waals surface area contributed by atoms with Crippen LogP contribution in [0.5, 0.6) is 0 Å². The van der Waals surface area contributed by atoms with Crippen molar-refractivity contribution in [3.8, 4) is 11.4 Å². The zero-order valence-electron chi connectivity index (χ0n) is 18.5. The summed E-state index contributed by atoms with van der Waals surface area (Å²) in [6.07, 6.45) is 1.62. The first kappa shape index (κ1) is 21.9. The minimum absolute atomic E-state index is 0.0154. The first-order chi connectivity index (χ1) is 15.6. The van der Waals surface area contributed by atoms with E-state index in [2.05, 4.69) is 34.7 Å². The SMILES string of the molecule is CCn1c(SCC(=O)N(Cc2ccco2)c2ccc(C)cc2)nnc1-c1ccccc1C. The summed E-state index contributed by atoms with van der Waals surface area (Å²) in [7, 11) is 0. The molecule has 0 aliphatic heterocycles. The summed E-state index contributed by atoms with van der Waals surface area (Å²) in [6, 6.07) is 19.8. The Hall–Kier alpha value is -3.32. The smallest absolute Gasteiger partial charge is 0.237 e. The van der Waals surface area contributed by atoms with Gasteiger partial charge in [-0.3, -0.25) is 4.79 Å². The number of furan rings is 1. The molecule has 1 amide bonds.